The molecular formula is C102H120O22. The second kappa shape index (κ2) is 39.5. The molecule has 0 aromatic heterocycles. The number of methoxy groups -OCH3 is 1. The fraction of sp³-hybridized carbons (Fsp3) is 0.500. The van der Waals surface area contributed by atoms with E-state index < -0.39 is 143 Å². The topological polar surface area (TPSA) is 253 Å². The number of carbonyl (C=O) groups excluding carboxylic acids is 5. The maximum absolute atomic E-state index is 15.4. The minimum absolute atomic E-state index is 0.00393. The minimum atomic E-state index is -1.86. The van der Waals surface area contributed by atoms with Gasteiger partial charge in [-0.2, -0.15) is 0 Å². The lowest BCUT2D eigenvalue weighted by Gasteiger charge is -2.71. The number of allylic oxidation sites excluding steroid dienone is 2. The van der Waals surface area contributed by atoms with E-state index in [9.17, 15) is 14.7 Å². The van der Waals surface area contributed by atoms with Crippen LogP contribution in [0.3, 0.4) is 0 Å². The minimum Gasteiger partial charge on any atom is -0.467 e. The van der Waals surface area contributed by atoms with E-state index in [4.69, 9.17) is 75.8 Å². The van der Waals surface area contributed by atoms with Gasteiger partial charge in [0.05, 0.1) is 83.2 Å². The third kappa shape index (κ3) is 19.0. The number of hydrogen-bond donors (Lipinski definition) is 1. The van der Waals surface area contributed by atoms with Crippen LogP contribution in [0.2, 0.25) is 0 Å². The predicted octanol–water partition coefficient (Wildman–Crippen LogP) is 16.1. The quantitative estimate of drug-likeness (QED) is 0.0132. The molecule has 0 spiro atoms. The molecule has 3 saturated heterocycles. The highest BCUT2D eigenvalue weighted by molar-refractivity contribution is 5.89. The van der Waals surface area contributed by atoms with E-state index >= 15 is 14.4 Å². The summed E-state index contributed by atoms with van der Waals surface area (Å²) in [6, 6.07) is 66.2. The fourth-order valence-corrected chi connectivity index (χ4v) is 21.9. The monoisotopic (exact) mass is 1700 g/mol. The van der Waals surface area contributed by atoms with Crippen LogP contribution in [0.15, 0.2) is 237 Å². The number of benzene rings is 7. The van der Waals surface area contributed by atoms with Crippen LogP contribution in [0.5, 0.6) is 0 Å². The number of aliphatic hydroxyl groups is 1. The maximum atomic E-state index is 15.4. The van der Waals surface area contributed by atoms with Gasteiger partial charge >= 0.3 is 23.9 Å². The molecule has 24 atom stereocenters. The molecule has 0 radical (unpaired) electrons. The summed E-state index contributed by atoms with van der Waals surface area (Å²) >= 11 is 0. The lowest BCUT2D eigenvalue weighted by atomic mass is 9.33. The highest BCUT2D eigenvalue weighted by atomic mass is 16.8. The second-order valence-corrected chi connectivity index (χ2v) is 36.6. The standard InChI is InChI=1S/C102H120O22/c1-10-54-111-96(108)102-53-52-97(3,4)55-75(102)74-46-47-79-98(5)50-49-81(99(6,65-103)78(98)48-51-100(79,7)101(74,8)56-80(102)105)120-95-90(124-94-89(121-91(106)73-44-30-17-31-45-73)84(115-61-71-40-26-15-27-41-71)83(114-60-70-38-24-14-25-39-70)77(119-94)63-110-57-67-32-18-11-19-33-67)86(85(118-66(2)104)87(123-95)92(107)109-9)122-93-88(116-62-72-42-28-16-29-43-72)82(113-59-69-36-22-13-23-37-69)76(64-117-93)112-58-68-34-20-12-21-35-68/h10-46,65,75-90,93-95,105H,1,47-64H2,2-9H3/t75-,76+,77+,78+,79+,80+,81-,82-,83-,84-,85-,86-,87-,88+,89+,90+,93-,94-,95+,98-,99-,100+,101+,102+/m0/s1. The highest BCUT2D eigenvalue weighted by Crippen LogP contribution is 2.76. The van der Waals surface area contributed by atoms with Gasteiger partial charge in [-0.05, 0) is 143 Å². The van der Waals surface area contributed by atoms with Crippen LogP contribution in [-0.2, 0) is 135 Å². The van der Waals surface area contributed by atoms with Gasteiger partial charge in [0, 0.05) is 6.92 Å². The Labute approximate surface area is 728 Å². The van der Waals surface area contributed by atoms with Crippen molar-refractivity contribution in [3.05, 3.63) is 276 Å². The van der Waals surface area contributed by atoms with Crippen LogP contribution in [0.4, 0.5) is 0 Å². The lowest BCUT2D eigenvalue weighted by Crippen LogP contribution is -2.70. The molecule has 5 aliphatic carbocycles. The largest absolute Gasteiger partial charge is 0.467 e. The molecule has 7 aromatic carbocycles. The Morgan fingerprint density at radius 2 is 1.03 bits per heavy atom. The Kier molecular flexibility index (Phi) is 28.6. The molecule has 22 nitrogen and oxygen atoms in total. The summed E-state index contributed by atoms with van der Waals surface area (Å²) < 4.78 is 112. The van der Waals surface area contributed by atoms with Crippen molar-refractivity contribution in [2.45, 2.75) is 244 Å². The normalized spacial score (nSPS) is 34.2. The van der Waals surface area contributed by atoms with Crippen LogP contribution >= 0.6 is 0 Å². The number of carbonyl (C=O) groups is 5. The van der Waals surface area contributed by atoms with Gasteiger partial charge in [-0.1, -0.05) is 266 Å². The first kappa shape index (κ1) is 89.9. The van der Waals surface area contributed by atoms with Crippen molar-refractivity contribution in [1.82, 2.24) is 0 Å². The third-order valence-corrected chi connectivity index (χ3v) is 28.5. The number of hydrogen-bond acceptors (Lipinski definition) is 22. The van der Waals surface area contributed by atoms with Gasteiger partial charge in [-0.25, -0.2) is 9.59 Å². The zero-order valence-corrected chi connectivity index (χ0v) is 72.4. The summed E-state index contributed by atoms with van der Waals surface area (Å²) in [4.78, 5) is 75.0. The van der Waals surface area contributed by atoms with Crippen molar-refractivity contribution >= 4 is 30.2 Å². The Bertz CT molecular complexity index is 4720. The molecular weight excluding hydrogens is 1580 g/mol. The first-order valence-corrected chi connectivity index (χ1v) is 43.9. The van der Waals surface area contributed by atoms with Gasteiger partial charge in [0.15, 0.2) is 37.2 Å². The number of rotatable bonds is 33. The molecule has 124 heavy (non-hydrogen) atoms. The molecule has 4 saturated carbocycles. The molecule has 3 heterocycles. The lowest BCUT2D eigenvalue weighted by molar-refractivity contribution is -0.396. The molecule has 7 fully saturated rings. The third-order valence-electron chi connectivity index (χ3n) is 28.5. The Morgan fingerprint density at radius 3 is 1.58 bits per heavy atom. The van der Waals surface area contributed by atoms with E-state index in [1.54, 1.807) is 36.4 Å². The number of fused-ring (bicyclic) bond motifs is 7. The van der Waals surface area contributed by atoms with E-state index in [-0.39, 0.29) is 101 Å². The van der Waals surface area contributed by atoms with Crippen LogP contribution in [-0.4, -0.2) is 160 Å². The average Bonchev–Trinajstić information content (AvgIpc) is 0.669. The van der Waals surface area contributed by atoms with Crippen molar-refractivity contribution in [3.63, 3.8) is 0 Å². The van der Waals surface area contributed by atoms with Gasteiger partial charge in [0.1, 0.15) is 67.1 Å². The number of aldehydes is 1. The average molecular weight is 1700 g/mol. The summed E-state index contributed by atoms with van der Waals surface area (Å²) in [5, 5.41) is 13.0. The molecule has 0 unspecified atom stereocenters. The first-order valence-electron chi connectivity index (χ1n) is 43.9. The molecule has 0 amide bonds. The maximum Gasteiger partial charge on any atom is 0.339 e. The molecule has 8 aliphatic rings. The Balaban J connectivity index is 0.866. The number of ether oxygens (including phenoxy) is 16. The second-order valence-electron chi connectivity index (χ2n) is 36.6. The molecule has 15 rings (SSSR count). The Hall–Kier alpha value is -8.95. The number of aliphatic hydroxyl groups excluding tert-OH is 1. The van der Waals surface area contributed by atoms with Gasteiger partial charge < -0.3 is 85.7 Å². The Morgan fingerprint density at radius 1 is 0.516 bits per heavy atom. The van der Waals surface area contributed by atoms with Crippen molar-refractivity contribution in [1.29, 1.82) is 0 Å². The van der Waals surface area contributed by atoms with Crippen LogP contribution in [0.25, 0.3) is 0 Å². The first-order chi connectivity index (χ1) is 60.0. The molecule has 0 bridgehead atoms. The van der Waals surface area contributed by atoms with Gasteiger partial charge in [-0.15, -0.1) is 0 Å². The van der Waals surface area contributed by atoms with E-state index in [2.05, 4.69) is 47.3 Å². The summed E-state index contributed by atoms with van der Waals surface area (Å²) in [7, 11) is 1.19. The van der Waals surface area contributed by atoms with Gasteiger partial charge in [0.25, 0.3) is 0 Å². The smallest absolute Gasteiger partial charge is 0.339 e. The van der Waals surface area contributed by atoms with Crippen LogP contribution in [0, 0.1) is 50.2 Å². The molecule has 22 heteroatoms. The fourth-order valence-electron chi connectivity index (χ4n) is 21.9. The van der Waals surface area contributed by atoms with Gasteiger partial charge in [0.2, 0.25) is 0 Å². The van der Waals surface area contributed by atoms with E-state index in [1.165, 1.54) is 19.6 Å². The van der Waals surface area contributed by atoms with E-state index in [1.807, 2.05) is 189 Å². The summed E-state index contributed by atoms with van der Waals surface area (Å²) in [6.45, 7) is 18.6. The van der Waals surface area contributed by atoms with Crippen LogP contribution in [0.1, 0.15) is 150 Å². The SMILES string of the molecule is C=CCOC(=O)[C@]12CCC(C)(C)C[C@H]1C1=CC[C@@H]3[C@@]4(C)CC[C@H](O[C@@H]5O[C@H](C(=O)OC)[C@@H](OC(C)=O)[C@H](O[C@@H]6OC[C@@H](OCc7ccccc7)[C@H](OCc7ccccc7)[C@H]6OCc6ccccc6)[C@H]5O[C@@H]5O[C@H](COCc6ccccc6)[C@H](OCc6ccccc6)[C@H](OCc6ccccc6)[C@H]5OC(=O)c5ccccc5)[C@@](C)(C=O)[C@@H]4CC[C@@]3(C)[C@]1(C)C[C@H]2O. The van der Waals surface area contributed by atoms with Gasteiger partial charge in [-0.3, -0.25) is 9.59 Å². The van der Waals surface area contributed by atoms with Crippen LogP contribution < -0.4 is 0 Å². The molecule has 7 aromatic rings. The summed E-state index contributed by atoms with van der Waals surface area (Å²) in [5.74, 6) is -3.70. The summed E-state index contributed by atoms with van der Waals surface area (Å²) in [6.07, 6.45) is -12.6. The predicted molar refractivity (Wildman–Crippen MR) is 458 cm³/mol. The summed E-state index contributed by atoms with van der Waals surface area (Å²) in [5.41, 5.74) is 2.17. The van der Waals surface area contributed by atoms with Crippen molar-refractivity contribution in [3.8, 4) is 0 Å². The van der Waals surface area contributed by atoms with Crippen molar-refractivity contribution in [2.75, 3.05) is 26.9 Å². The molecule has 1 N–H and O–H groups in total. The molecule has 660 valence electrons. The highest BCUT2D eigenvalue weighted by Gasteiger charge is 2.73. The zero-order chi connectivity index (χ0) is 86.8. The van der Waals surface area contributed by atoms with Crippen molar-refractivity contribution < 1.29 is 105 Å². The van der Waals surface area contributed by atoms with E-state index in [0.717, 1.165) is 46.1 Å². The number of esters is 4. The van der Waals surface area contributed by atoms with Crippen molar-refractivity contribution in [2.24, 2.45) is 50.2 Å². The van der Waals surface area contributed by atoms with E-state index in [0.29, 0.717) is 44.9 Å². The molecule has 3 aliphatic heterocycles. The zero-order valence-electron chi connectivity index (χ0n) is 72.4.